The molecule has 1 unspecified atom stereocenters. The lowest BCUT2D eigenvalue weighted by molar-refractivity contribution is -0.138. The van der Waals surface area contributed by atoms with Crippen LogP contribution in [0.1, 0.15) is 31.2 Å². The van der Waals surface area contributed by atoms with Crippen LogP contribution in [-0.4, -0.2) is 24.2 Å². The number of carboxylic acid groups (broad SMARTS) is 1. The average molecular weight is 219 g/mol. The van der Waals surface area contributed by atoms with Crippen LogP contribution in [0.2, 0.25) is 0 Å². The molecular weight excluding hydrogens is 202 g/mol. The number of rotatable bonds is 3. The summed E-state index contributed by atoms with van der Waals surface area (Å²) >= 11 is 0. The molecule has 3 nitrogen and oxygen atoms in total. The minimum absolute atomic E-state index is 0.434. The SMILES string of the molecule is CC(C(=O)O)c1ccccc1N1CCCC1. The van der Waals surface area contributed by atoms with E-state index in [0.717, 1.165) is 24.3 Å². The molecule has 0 aliphatic carbocycles. The number of anilines is 1. The Balaban J connectivity index is 2.33. The van der Waals surface area contributed by atoms with E-state index >= 15 is 0 Å². The topological polar surface area (TPSA) is 40.5 Å². The Morgan fingerprint density at radius 1 is 1.31 bits per heavy atom. The van der Waals surface area contributed by atoms with E-state index in [1.165, 1.54) is 12.8 Å². The van der Waals surface area contributed by atoms with Crippen LogP contribution in [0.4, 0.5) is 5.69 Å². The monoisotopic (exact) mass is 219 g/mol. The molecule has 1 atom stereocenters. The minimum atomic E-state index is -0.758. The summed E-state index contributed by atoms with van der Waals surface area (Å²) in [5.74, 6) is -1.19. The van der Waals surface area contributed by atoms with E-state index in [0.29, 0.717) is 0 Å². The zero-order chi connectivity index (χ0) is 11.5. The maximum absolute atomic E-state index is 11.0. The predicted octanol–water partition coefficient (Wildman–Crippen LogP) is 2.47. The van der Waals surface area contributed by atoms with Crippen molar-refractivity contribution in [3.05, 3.63) is 29.8 Å². The summed E-state index contributed by atoms with van der Waals surface area (Å²) in [5.41, 5.74) is 2.02. The number of carbonyl (C=O) groups is 1. The fourth-order valence-corrected chi connectivity index (χ4v) is 2.23. The molecule has 1 aliphatic heterocycles. The molecule has 0 aromatic heterocycles. The van der Waals surface area contributed by atoms with Gasteiger partial charge in [0, 0.05) is 18.8 Å². The Labute approximate surface area is 95.7 Å². The second kappa shape index (κ2) is 4.56. The molecule has 0 radical (unpaired) electrons. The minimum Gasteiger partial charge on any atom is -0.481 e. The first-order valence-electron chi connectivity index (χ1n) is 5.77. The Hall–Kier alpha value is -1.51. The molecule has 2 rings (SSSR count). The van der Waals surface area contributed by atoms with Crippen molar-refractivity contribution in [3.63, 3.8) is 0 Å². The number of carboxylic acids is 1. The number of nitrogens with zero attached hydrogens (tertiary/aromatic N) is 1. The van der Waals surface area contributed by atoms with Crippen LogP contribution in [0.3, 0.4) is 0 Å². The molecule has 1 aromatic carbocycles. The van der Waals surface area contributed by atoms with E-state index in [2.05, 4.69) is 4.90 Å². The first-order chi connectivity index (χ1) is 7.70. The lowest BCUT2D eigenvalue weighted by atomic mass is 9.99. The van der Waals surface area contributed by atoms with Gasteiger partial charge in [0.15, 0.2) is 0 Å². The van der Waals surface area contributed by atoms with E-state index in [4.69, 9.17) is 5.11 Å². The van der Waals surface area contributed by atoms with Crippen LogP contribution >= 0.6 is 0 Å². The molecule has 86 valence electrons. The number of benzene rings is 1. The highest BCUT2D eigenvalue weighted by Gasteiger charge is 2.21. The summed E-state index contributed by atoms with van der Waals surface area (Å²) in [6, 6.07) is 7.84. The van der Waals surface area contributed by atoms with Crippen LogP contribution in [0.15, 0.2) is 24.3 Å². The van der Waals surface area contributed by atoms with Gasteiger partial charge in [-0.05, 0) is 31.4 Å². The van der Waals surface area contributed by atoms with Crippen LogP contribution in [-0.2, 0) is 4.79 Å². The van der Waals surface area contributed by atoms with Gasteiger partial charge < -0.3 is 10.0 Å². The highest BCUT2D eigenvalue weighted by Crippen LogP contribution is 2.29. The zero-order valence-corrected chi connectivity index (χ0v) is 9.52. The van der Waals surface area contributed by atoms with E-state index in [9.17, 15) is 4.79 Å². The Bertz CT molecular complexity index is 383. The van der Waals surface area contributed by atoms with Crippen LogP contribution in [0.5, 0.6) is 0 Å². The summed E-state index contributed by atoms with van der Waals surface area (Å²) in [4.78, 5) is 13.3. The largest absolute Gasteiger partial charge is 0.481 e. The molecule has 0 amide bonds. The number of hydrogen-bond donors (Lipinski definition) is 1. The van der Waals surface area contributed by atoms with Gasteiger partial charge in [0.25, 0.3) is 0 Å². The summed E-state index contributed by atoms with van der Waals surface area (Å²) < 4.78 is 0. The highest BCUT2D eigenvalue weighted by molar-refractivity contribution is 5.78. The standard InChI is InChI=1S/C13H17NO2/c1-10(13(15)16)11-6-2-3-7-12(11)14-8-4-5-9-14/h2-3,6-7,10H,4-5,8-9H2,1H3,(H,15,16). The molecule has 0 spiro atoms. The van der Waals surface area contributed by atoms with Gasteiger partial charge in [-0.2, -0.15) is 0 Å². The lowest BCUT2D eigenvalue weighted by Gasteiger charge is -2.22. The van der Waals surface area contributed by atoms with Crippen molar-refractivity contribution in [2.45, 2.75) is 25.7 Å². The molecule has 1 aliphatic rings. The molecule has 1 N–H and O–H groups in total. The van der Waals surface area contributed by atoms with Gasteiger partial charge >= 0.3 is 5.97 Å². The van der Waals surface area contributed by atoms with Crippen molar-refractivity contribution in [2.24, 2.45) is 0 Å². The van der Waals surface area contributed by atoms with Crippen LogP contribution in [0, 0.1) is 0 Å². The molecule has 16 heavy (non-hydrogen) atoms. The normalized spacial score (nSPS) is 17.4. The second-order valence-electron chi connectivity index (χ2n) is 4.31. The quantitative estimate of drug-likeness (QED) is 0.849. The molecular formula is C13H17NO2. The zero-order valence-electron chi connectivity index (χ0n) is 9.52. The lowest BCUT2D eigenvalue weighted by Crippen LogP contribution is -2.21. The van der Waals surface area contributed by atoms with Crippen LogP contribution < -0.4 is 4.90 Å². The summed E-state index contributed by atoms with van der Waals surface area (Å²) in [7, 11) is 0. The Morgan fingerprint density at radius 3 is 2.56 bits per heavy atom. The smallest absolute Gasteiger partial charge is 0.310 e. The van der Waals surface area contributed by atoms with Crippen molar-refractivity contribution < 1.29 is 9.90 Å². The first-order valence-corrected chi connectivity index (χ1v) is 5.77. The van der Waals surface area contributed by atoms with Gasteiger partial charge in [-0.25, -0.2) is 0 Å². The van der Waals surface area contributed by atoms with Gasteiger partial charge in [-0.3, -0.25) is 4.79 Å². The summed E-state index contributed by atoms with van der Waals surface area (Å²) in [6.07, 6.45) is 2.41. The number of aliphatic carboxylic acids is 1. The second-order valence-corrected chi connectivity index (χ2v) is 4.31. The van der Waals surface area contributed by atoms with Crippen molar-refractivity contribution in [1.29, 1.82) is 0 Å². The van der Waals surface area contributed by atoms with Gasteiger partial charge in [0.1, 0.15) is 0 Å². The molecule has 3 heteroatoms. The fourth-order valence-electron chi connectivity index (χ4n) is 2.23. The molecule has 1 aromatic rings. The van der Waals surface area contributed by atoms with Crippen molar-refractivity contribution in [1.82, 2.24) is 0 Å². The predicted molar refractivity (Wildman–Crippen MR) is 63.9 cm³/mol. The third kappa shape index (κ3) is 2.03. The van der Waals surface area contributed by atoms with Gasteiger partial charge in [-0.1, -0.05) is 18.2 Å². The van der Waals surface area contributed by atoms with Gasteiger partial charge in [0.05, 0.1) is 5.92 Å². The van der Waals surface area contributed by atoms with Crippen molar-refractivity contribution >= 4 is 11.7 Å². The summed E-state index contributed by atoms with van der Waals surface area (Å²) in [5, 5.41) is 9.08. The molecule has 1 heterocycles. The molecule has 0 bridgehead atoms. The Kier molecular flexibility index (Phi) is 3.13. The third-order valence-corrected chi connectivity index (χ3v) is 3.22. The van der Waals surface area contributed by atoms with Gasteiger partial charge in [-0.15, -0.1) is 0 Å². The van der Waals surface area contributed by atoms with E-state index in [1.54, 1.807) is 6.92 Å². The highest BCUT2D eigenvalue weighted by atomic mass is 16.4. The van der Waals surface area contributed by atoms with Crippen molar-refractivity contribution in [3.8, 4) is 0 Å². The van der Waals surface area contributed by atoms with Crippen LogP contribution in [0.25, 0.3) is 0 Å². The maximum atomic E-state index is 11.0. The maximum Gasteiger partial charge on any atom is 0.310 e. The van der Waals surface area contributed by atoms with Crippen molar-refractivity contribution in [2.75, 3.05) is 18.0 Å². The molecule has 1 fully saturated rings. The average Bonchev–Trinajstić information content (AvgIpc) is 2.81. The molecule has 1 saturated heterocycles. The first kappa shape index (κ1) is 11.0. The number of hydrogen-bond acceptors (Lipinski definition) is 2. The fraction of sp³-hybridized carbons (Fsp3) is 0.462. The molecule has 0 saturated carbocycles. The van der Waals surface area contributed by atoms with E-state index in [-0.39, 0.29) is 0 Å². The third-order valence-electron chi connectivity index (χ3n) is 3.22. The summed E-state index contributed by atoms with van der Waals surface area (Å²) in [6.45, 7) is 3.84. The van der Waals surface area contributed by atoms with Gasteiger partial charge in [0.2, 0.25) is 0 Å². The number of para-hydroxylation sites is 1. The Morgan fingerprint density at radius 2 is 1.94 bits per heavy atom. The van der Waals surface area contributed by atoms with E-state index in [1.807, 2.05) is 24.3 Å². The van der Waals surface area contributed by atoms with E-state index < -0.39 is 11.9 Å².